The summed E-state index contributed by atoms with van der Waals surface area (Å²) in [5.74, 6) is 2.12. The highest BCUT2D eigenvalue weighted by molar-refractivity contribution is 5.38. The van der Waals surface area contributed by atoms with E-state index in [1.165, 1.54) is 38.5 Å². The van der Waals surface area contributed by atoms with E-state index in [0.29, 0.717) is 30.1 Å². The van der Waals surface area contributed by atoms with Crippen molar-refractivity contribution in [2.24, 2.45) is 29.1 Å². The van der Waals surface area contributed by atoms with Crippen LogP contribution in [0.15, 0.2) is 35.5 Å². The average Bonchev–Trinajstić information content (AvgIpc) is 3.04. The van der Waals surface area contributed by atoms with Gasteiger partial charge in [-0.2, -0.15) is 0 Å². The van der Waals surface area contributed by atoms with E-state index in [4.69, 9.17) is 0 Å². The molecule has 3 rings (SSSR count). The van der Waals surface area contributed by atoms with Gasteiger partial charge >= 0.3 is 0 Å². The molecule has 0 saturated heterocycles. The smallest absolute Gasteiger partial charge is 0.0591 e. The zero-order valence-corrected chi connectivity index (χ0v) is 20.4. The minimum absolute atomic E-state index is 0.00868. The molecule has 0 aromatic rings. The van der Waals surface area contributed by atoms with Gasteiger partial charge in [0.05, 0.1) is 18.3 Å². The molecule has 0 aromatic heterocycles. The molecule has 3 heteroatoms. The van der Waals surface area contributed by atoms with Crippen molar-refractivity contribution in [2.75, 3.05) is 6.61 Å². The number of hydrogen-bond acceptors (Lipinski definition) is 3. The minimum Gasteiger partial charge on any atom is -0.396 e. The number of fused-ring (bicyclic) bond motifs is 1. The normalized spacial score (nSPS) is 38.0. The summed E-state index contributed by atoms with van der Waals surface area (Å²) in [4.78, 5) is 0. The molecule has 3 nitrogen and oxygen atoms in total. The monoisotopic (exact) mass is 430 g/mol. The molecule has 3 N–H and O–H groups in total. The van der Waals surface area contributed by atoms with Gasteiger partial charge in [0.2, 0.25) is 0 Å². The summed E-state index contributed by atoms with van der Waals surface area (Å²) in [5, 5.41) is 29.9. The first-order chi connectivity index (χ1) is 14.5. The second kappa shape index (κ2) is 9.93. The lowest BCUT2D eigenvalue weighted by atomic mass is 9.60. The molecule has 1 unspecified atom stereocenters. The van der Waals surface area contributed by atoms with Crippen LogP contribution in [0.4, 0.5) is 0 Å². The summed E-state index contributed by atoms with van der Waals surface area (Å²) in [6, 6.07) is 0. The van der Waals surface area contributed by atoms with Gasteiger partial charge in [-0.1, -0.05) is 51.0 Å². The highest BCUT2D eigenvalue weighted by Crippen LogP contribution is 2.60. The van der Waals surface area contributed by atoms with Gasteiger partial charge in [-0.15, -0.1) is 0 Å². The fraction of sp³-hybridized carbons (Fsp3) is 0.786. The fourth-order valence-corrected chi connectivity index (χ4v) is 7.04. The Kier molecular flexibility index (Phi) is 7.92. The summed E-state index contributed by atoms with van der Waals surface area (Å²) in [5.41, 5.74) is 3.54. The standard InChI is InChI=1S/C28H46O3/c1-19(8-6-14-27(3,4)31)25-12-13-26-21(9-7-15-28(25,26)5)10-11-22-16-24(30)17-23(18-29)20(22)2/h10-11,19,23-26,29-31H,2,6-9,12-18H2,1,3-5H3/b21-10+,22-11+/t19?,23-,24-,25-,26+,28-/m1/s1. The van der Waals surface area contributed by atoms with Gasteiger partial charge in [-0.05, 0) is 99.5 Å². The molecular formula is C28H46O3. The third-order valence-corrected chi connectivity index (χ3v) is 8.81. The molecule has 0 aromatic carbocycles. The maximum absolute atomic E-state index is 10.2. The largest absolute Gasteiger partial charge is 0.396 e. The SMILES string of the molecule is C=C1/C(=C/C=C2\CCC[C@]3(C)[C@@H](C(C)CCCC(C)(C)O)CC[C@@H]23)C[C@@H](O)C[C@@H]1CO. The second-order valence-corrected chi connectivity index (χ2v) is 11.7. The minimum atomic E-state index is -0.554. The molecule has 176 valence electrons. The van der Waals surface area contributed by atoms with Gasteiger partial charge in [0, 0.05) is 5.92 Å². The van der Waals surface area contributed by atoms with Crippen molar-refractivity contribution in [1.82, 2.24) is 0 Å². The lowest BCUT2D eigenvalue weighted by Gasteiger charge is -2.44. The van der Waals surface area contributed by atoms with Crippen molar-refractivity contribution in [3.05, 3.63) is 35.5 Å². The van der Waals surface area contributed by atoms with Crippen LogP contribution < -0.4 is 0 Å². The van der Waals surface area contributed by atoms with Crippen molar-refractivity contribution < 1.29 is 15.3 Å². The summed E-state index contributed by atoms with van der Waals surface area (Å²) in [7, 11) is 0. The Morgan fingerprint density at radius 2 is 2.00 bits per heavy atom. The molecule has 0 aliphatic heterocycles. The topological polar surface area (TPSA) is 60.7 Å². The molecular weight excluding hydrogens is 384 g/mol. The van der Waals surface area contributed by atoms with Crippen LogP contribution in [-0.4, -0.2) is 33.6 Å². The van der Waals surface area contributed by atoms with Crippen molar-refractivity contribution in [3.8, 4) is 0 Å². The molecule has 0 bridgehead atoms. The highest BCUT2D eigenvalue weighted by atomic mass is 16.3. The Hall–Kier alpha value is -0.900. The van der Waals surface area contributed by atoms with Crippen LogP contribution in [0.1, 0.15) is 91.9 Å². The Morgan fingerprint density at radius 3 is 2.68 bits per heavy atom. The first-order valence-corrected chi connectivity index (χ1v) is 12.6. The number of aliphatic hydroxyl groups excluding tert-OH is 2. The zero-order chi connectivity index (χ0) is 22.8. The molecule has 3 fully saturated rings. The van der Waals surface area contributed by atoms with E-state index in [1.807, 2.05) is 13.8 Å². The molecule has 3 aliphatic carbocycles. The molecule has 3 aliphatic rings. The van der Waals surface area contributed by atoms with E-state index in [2.05, 4.69) is 32.6 Å². The maximum atomic E-state index is 10.2. The van der Waals surface area contributed by atoms with E-state index < -0.39 is 5.60 Å². The van der Waals surface area contributed by atoms with E-state index in [9.17, 15) is 15.3 Å². The average molecular weight is 431 g/mol. The summed E-state index contributed by atoms with van der Waals surface area (Å²) in [6.45, 7) is 13.1. The van der Waals surface area contributed by atoms with Gasteiger partial charge in [0.15, 0.2) is 0 Å². The summed E-state index contributed by atoms with van der Waals surface area (Å²) >= 11 is 0. The predicted molar refractivity (Wildman–Crippen MR) is 129 cm³/mol. The Morgan fingerprint density at radius 1 is 1.26 bits per heavy atom. The second-order valence-electron chi connectivity index (χ2n) is 11.7. The number of allylic oxidation sites excluding steroid dienone is 3. The van der Waals surface area contributed by atoms with E-state index in [-0.39, 0.29) is 18.6 Å². The van der Waals surface area contributed by atoms with Crippen LogP contribution in [0.5, 0.6) is 0 Å². The van der Waals surface area contributed by atoms with Crippen LogP contribution in [0, 0.1) is 29.1 Å². The molecule has 31 heavy (non-hydrogen) atoms. The zero-order valence-electron chi connectivity index (χ0n) is 20.4. The van der Waals surface area contributed by atoms with Gasteiger partial charge in [-0.3, -0.25) is 0 Å². The molecule has 6 atom stereocenters. The number of hydrogen-bond donors (Lipinski definition) is 3. The van der Waals surface area contributed by atoms with E-state index >= 15 is 0 Å². The maximum Gasteiger partial charge on any atom is 0.0591 e. The molecule has 0 spiro atoms. The first-order valence-electron chi connectivity index (χ1n) is 12.6. The van der Waals surface area contributed by atoms with Crippen LogP contribution in [0.3, 0.4) is 0 Å². The number of rotatable bonds is 7. The lowest BCUT2D eigenvalue weighted by Crippen LogP contribution is -2.36. The highest BCUT2D eigenvalue weighted by Gasteiger charge is 2.50. The first kappa shape index (κ1) is 24.7. The number of aliphatic hydroxyl groups is 3. The Balaban J connectivity index is 1.71. The molecule has 0 heterocycles. The fourth-order valence-electron chi connectivity index (χ4n) is 7.04. The van der Waals surface area contributed by atoms with E-state index in [1.54, 1.807) is 5.57 Å². The van der Waals surface area contributed by atoms with Gasteiger partial charge in [0.1, 0.15) is 0 Å². The summed E-state index contributed by atoms with van der Waals surface area (Å²) < 4.78 is 0. The van der Waals surface area contributed by atoms with Gasteiger partial charge in [0.25, 0.3) is 0 Å². The van der Waals surface area contributed by atoms with Gasteiger partial charge < -0.3 is 15.3 Å². The quantitative estimate of drug-likeness (QED) is 0.467. The lowest BCUT2D eigenvalue weighted by molar-refractivity contribution is 0.0596. The third kappa shape index (κ3) is 5.72. The third-order valence-electron chi connectivity index (χ3n) is 8.81. The van der Waals surface area contributed by atoms with Crippen LogP contribution in [-0.2, 0) is 0 Å². The summed E-state index contributed by atoms with van der Waals surface area (Å²) in [6.07, 6.45) is 15.0. The van der Waals surface area contributed by atoms with Crippen LogP contribution in [0.2, 0.25) is 0 Å². The van der Waals surface area contributed by atoms with Crippen molar-refractivity contribution in [3.63, 3.8) is 0 Å². The van der Waals surface area contributed by atoms with Crippen LogP contribution in [0.25, 0.3) is 0 Å². The predicted octanol–water partition coefficient (Wildman–Crippen LogP) is 5.95. The van der Waals surface area contributed by atoms with Crippen molar-refractivity contribution in [2.45, 2.75) is 104 Å². The Labute approximate surface area is 190 Å². The van der Waals surface area contributed by atoms with Gasteiger partial charge in [-0.25, -0.2) is 0 Å². The van der Waals surface area contributed by atoms with Crippen LogP contribution >= 0.6 is 0 Å². The molecule has 0 radical (unpaired) electrons. The van der Waals surface area contributed by atoms with Crippen molar-refractivity contribution in [1.29, 1.82) is 0 Å². The van der Waals surface area contributed by atoms with E-state index in [0.717, 1.165) is 29.9 Å². The molecule has 3 saturated carbocycles. The molecule has 0 amide bonds. The Bertz CT molecular complexity index is 698. The van der Waals surface area contributed by atoms with Crippen molar-refractivity contribution >= 4 is 0 Å².